The molecule has 2 fully saturated rings. The zero-order valence-electron chi connectivity index (χ0n) is 23.2. The number of nitrogens with zero attached hydrogens (tertiary/aromatic N) is 4. The Morgan fingerprint density at radius 1 is 1.05 bits per heavy atom. The van der Waals surface area contributed by atoms with Gasteiger partial charge in [-0.2, -0.15) is 0 Å². The molecule has 1 saturated heterocycles. The van der Waals surface area contributed by atoms with E-state index in [1.807, 2.05) is 81.6 Å². The van der Waals surface area contributed by atoms with Crippen LogP contribution in [0.3, 0.4) is 0 Å². The number of fused-ring (bicyclic) bond motifs is 1. The molecule has 3 aromatic rings. The van der Waals surface area contributed by atoms with Crippen LogP contribution in [-0.4, -0.2) is 55.5 Å². The van der Waals surface area contributed by atoms with Crippen molar-refractivity contribution < 1.29 is 19.4 Å². The van der Waals surface area contributed by atoms with Gasteiger partial charge in [-0.15, -0.1) is 5.10 Å². The van der Waals surface area contributed by atoms with Gasteiger partial charge in [0.15, 0.2) is 0 Å². The van der Waals surface area contributed by atoms with Crippen LogP contribution in [0.25, 0.3) is 0 Å². The average Bonchev–Trinajstić information content (AvgIpc) is 3.54. The predicted molar refractivity (Wildman–Crippen MR) is 148 cm³/mol. The maximum Gasteiger partial charge on any atom is 0.248 e. The molecule has 0 bridgehead atoms. The number of β-amino-alcohol motifs (C(OH)–C–C–N with tert-alkyl or cyclic N) is 1. The number of ether oxygens (including phenoxy) is 1. The molecule has 9 heteroatoms. The van der Waals surface area contributed by atoms with Crippen molar-refractivity contribution in [2.75, 3.05) is 6.54 Å². The summed E-state index contributed by atoms with van der Waals surface area (Å²) < 4.78 is 7.95. The molecule has 6 rings (SSSR count). The second-order valence-corrected chi connectivity index (χ2v) is 12.4. The van der Waals surface area contributed by atoms with Crippen LogP contribution in [0.15, 0.2) is 60.8 Å². The van der Waals surface area contributed by atoms with Crippen LogP contribution in [0, 0.1) is 5.41 Å². The van der Waals surface area contributed by atoms with Gasteiger partial charge < -0.3 is 20.1 Å². The second-order valence-electron chi connectivity index (χ2n) is 12.4. The van der Waals surface area contributed by atoms with E-state index >= 15 is 0 Å². The normalized spacial score (nSPS) is 25.1. The smallest absolute Gasteiger partial charge is 0.248 e. The summed E-state index contributed by atoms with van der Waals surface area (Å²) in [6, 6.07) is 16.0. The summed E-state index contributed by atoms with van der Waals surface area (Å²) in [7, 11) is 0. The number of carbonyl (C=O) groups is 2. The molecule has 2 amide bonds. The van der Waals surface area contributed by atoms with E-state index in [4.69, 9.17) is 4.74 Å². The fraction of sp³-hybridized carbons (Fsp3) is 0.484. The van der Waals surface area contributed by atoms with E-state index in [9.17, 15) is 14.7 Å². The lowest BCUT2D eigenvalue weighted by Crippen LogP contribution is -2.51. The molecule has 0 spiro atoms. The lowest BCUT2D eigenvalue weighted by atomic mass is 9.85. The van der Waals surface area contributed by atoms with Crippen LogP contribution < -0.4 is 10.1 Å². The molecule has 2 N–H and O–H groups in total. The van der Waals surface area contributed by atoms with E-state index in [-0.39, 0.29) is 36.9 Å². The van der Waals surface area contributed by atoms with Crippen molar-refractivity contribution in [3.8, 4) is 5.75 Å². The summed E-state index contributed by atoms with van der Waals surface area (Å²) in [4.78, 5) is 29.5. The quantitative estimate of drug-likeness (QED) is 0.485. The molecule has 5 atom stereocenters. The SMILES string of the molecule is CC(C)(C)C(C(=O)N1CC(O)CC1C(=O)NC1CC(c2ccccc2)Oc2ccccc21)n1cc(C2CC2)nn1. The number of hydrogen-bond acceptors (Lipinski definition) is 6. The Kier molecular flexibility index (Phi) is 6.86. The third kappa shape index (κ3) is 5.22. The van der Waals surface area contributed by atoms with Crippen LogP contribution in [0.1, 0.15) is 87.4 Å². The Balaban J connectivity index is 1.24. The number of aliphatic hydroxyl groups excluding tert-OH is 1. The lowest BCUT2D eigenvalue weighted by molar-refractivity contribution is -0.144. The second kappa shape index (κ2) is 10.4. The maximum absolute atomic E-state index is 14.1. The molecule has 2 aromatic carbocycles. The molecule has 5 unspecified atom stereocenters. The van der Waals surface area contributed by atoms with Gasteiger partial charge in [-0.05, 0) is 29.9 Å². The Morgan fingerprint density at radius 2 is 1.77 bits per heavy atom. The van der Waals surface area contributed by atoms with Crippen molar-refractivity contribution in [2.45, 2.75) is 82.7 Å². The number of amides is 2. The van der Waals surface area contributed by atoms with Crippen LogP contribution in [-0.2, 0) is 9.59 Å². The van der Waals surface area contributed by atoms with Crippen molar-refractivity contribution in [3.05, 3.63) is 77.6 Å². The maximum atomic E-state index is 14.1. The Morgan fingerprint density at radius 3 is 2.50 bits per heavy atom. The third-order valence-electron chi connectivity index (χ3n) is 8.21. The first-order valence-corrected chi connectivity index (χ1v) is 14.2. The molecular formula is C31H37N5O4. The molecule has 3 heterocycles. The van der Waals surface area contributed by atoms with Crippen molar-refractivity contribution in [1.29, 1.82) is 0 Å². The number of nitrogens with one attached hydrogen (secondary N) is 1. The lowest BCUT2D eigenvalue weighted by Gasteiger charge is -2.36. The monoisotopic (exact) mass is 543 g/mol. The van der Waals surface area contributed by atoms with Gasteiger partial charge in [-0.25, -0.2) is 4.68 Å². The van der Waals surface area contributed by atoms with E-state index in [1.165, 1.54) is 4.90 Å². The summed E-state index contributed by atoms with van der Waals surface area (Å²) in [5, 5.41) is 22.5. The highest BCUT2D eigenvalue weighted by Gasteiger charge is 2.46. The molecule has 0 radical (unpaired) electrons. The predicted octanol–water partition coefficient (Wildman–Crippen LogP) is 4.09. The number of para-hydroxylation sites is 1. The molecule has 210 valence electrons. The zero-order valence-corrected chi connectivity index (χ0v) is 23.2. The van der Waals surface area contributed by atoms with Crippen LogP contribution >= 0.6 is 0 Å². The van der Waals surface area contributed by atoms with Gasteiger partial charge in [-0.3, -0.25) is 9.59 Å². The number of likely N-dealkylation sites (tertiary alicyclic amines) is 1. The summed E-state index contributed by atoms with van der Waals surface area (Å²) in [5.41, 5.74) is 2.37. The van der Waals surface area contributed by atoms with E-state index in [0.717, 1.165) is 35.4 Å². The van der Waals surface area contributed by atoms with Gasteiger partial charge in [0.25, 0.3) is 0 Å². The molecule has 2 aliphatic heterocycles. The van der Waals surface area contributed by atoms with Gasteiger partial charge >= 0.3 is 0 Å². The van der Waals surface area contributed by atoms with Crippen molar-refractivity contribution in [1.82, 2.24) is 25.2 Å². The third-order valence-corrected chi connectivity index (χ3v) is 8.21. The van der Waals surface area contributed by atoms with E-state index in [1.54, 1.807) is 4.68 Å². The van der Waals surface area contributed by atoms with Crippen molar-refractivity contribution in [2.24, 2.45) is 5.41 Å². The topological polar surface area (TPSA) is 110 Å². The Hall–Kier alpha value is -3.72. The van der Waals surface area contributed by atoms with Crippen LogP contribution in [0.2, 0.25) is 0 Å². The molecule has 3 aliphatic rings. The van der Waals surface area contributed by atoms with Gasteiger partial charge in [-0.1, -0.05) is 74.5 Å². The first-order chi connectivity index (χ1) is 19.2. The van der Waals surface area contributed by atoms with Gasteiger partial charge in [0.1, 0.15) is 23.9 Å². The molecule has 1 aromatic heterocycles. The van der Waals surface area contributed by atoms with Crippen molar-refractivity contribution >= 4 is 11.8 Å². The van der Waals surface area contributed by atoms with E-state index < -0.39 is 23.6 Å². The first kappa shape index (κ1) is 26.5. The van der Waals surface area contributed by atoms with Gasteiger partial charge in [0.05, 0.1) is 17.8 Å². The molecule has 1 saturated carbocycles. The number of carbonyl (C=O) groups excluding carboxylic acids is 2. The average molecular weight is 544 g/mol. The molecular weight excluding hydrogens is 506 g/mol. The Labute approximate surface area is 234 Å². The highest BCUT2D eigenvalue weighted by Crippen LogP contribution is 2.42. The minimum absolute atomic E-state index is 0.102. The summed E-state index contributed by atoms with van der Waals surface area (Å²) in [6.45, 7) is 6.06. The summed E-state index contributed by atoms with van der Waals surface area (Å²) >= 11 is 0. The Bertz CT molecular complexity index is 1380. The number of aromatic nitrogens is 3. The summed E-state index contributed by atoms with van der Waals surface area (Å²) in [5.74, 6) is 0.644. The number of benzene rings is 2. The van der Waals surface area contributed by atoms with Crippen molar-refractivity contribution in [3.63, 3.8) is 0 Å². The first-order valence-electron chi connectivity index (χ1n) is 14.2. The van der Waals surface area contributed by atoms with Gasteiger partial charge in [0.2, 0.25) is 11.8 Å². The zero-order chi connectivity index (χ0) is 28.0. The number of rotatable bonds is 6. The van der Waals surface area contributed by atoms with Crippen LogP contribution in [0.4, 0.5) is 0 Å². The molecule has 9 nitrogen and oxygen atoms in total. The number of aliphatic hydroxyl groups is 1. The fourth-order valence-electron chi connectivity index (χ4n) is 6.02. The van der Waals surface area contributed by atoms with Gasteiger partial charge in [0, 0.05) is 37.1 Å². The van der Waals surface area contributed by atoms with E-state index in [2.05, 4.69) is 15.6 Å². The van der Waals surface area contributed by atoms with E-state index in [0.29, 0.717) is 12.3 Å². The number of hydrogen-bond donors (Lipinski definition) is 2. The highest BCUT2D eigenvalue weighted by molar-refractivity contribution is 5.90. The summed E-state index contributed by atoms with van der Waals surface area (Å²) in [6.07, 6.45) is 3.80. The van der Waals surface area contributed by atoms with Crippen LogP contribution in [0.5, 0.6) is 5.75 Å². The molecule has 1 aliphatic carbocycles. The minimum Gasteiger partial charge on any atom is -0.485 e. The standard InChI is InChI=1S/C31H37N5O4/c1-31(2,3)28(36-18-24(33-34-36)19-13-14-19)30(39)35-17-21(37)15-25(35)29(38)32-23-16-27(20-9-5-4-6-10-20)40-26-12-8-7-11-22(23)26/h4-12,18-19,21,23,25,27-28,37H,13-17H2,1-3H3,(H,32,38). The minimum atomic E-state index is -0.788. The highest BCUT2D eigenvalue weighted by atomic mass is 16.5. The molecule has 40 heavy (non-hydrogen) atoms. The fourth-order valence-corrected chi connectivity index (χ4v) is 6.02. The largest absolute Gasteiger partial charge is 0.485 e.